The van der Waals surface area contributed by atoms with Crippen LogP contribution in [-0.2, 0) is 6.18 Å². The number of hydrogen-bond acceptors (Lipinski definition) is 2. The second-order valence-electron chi connectivity index (χ2n) is 2.43. The summed E-state index contributed by atoms with van der Waals surface area (Å²) in [6.07, 6.45) is -4.45. The number of hydrogen-bond donors (Lipinski definition) is 2. The SMILES string of the molecule is O=C(O)c1cc(=O)[nH]cc1C(F)(F)F. The van der Waals surface area contributed by atoms with E-state index in [1.165, 1.54) is 0 Å². The van der Waals surface area contributed by atoms with E-state index in [0.29, 0.717) is 12.3 Å². The largest absolute Gasteiger partial charge is 0.478 e. The van der Waals surface area contributed by atoms with Gasteiger partial charge in [0.25, 0.3) is 0 Å². The number of alkyl halides is 3. The van der Waals surface area contributed by atoms with E-state index in [9.17, 15) is 22.8 Å². The Morgan fingerprint density at radius 3 is 2.43 bits per heavy atom. The van der Waals surface area contributed by atoms with Gasteiger partial charge in [0, 0.05) is 12.3 Å². The number of aromatic carboxylic acids is 1. The zero-order valence-electron chi connectivity index (χ0n) is 6.55. The molecule has 0 bridgehead atoms. The number of H-pyrrole nitrogens is 1. The summed E-state index contributed by atoms with van der Waals surface area (Å²) in [4.78, 5) is 22.7. The molecule has 14 heavy (non-hydrogen) atoms. The molecular weight excluding hydrogens is 203 g/mol. The van der Waals surface area contributed by atoms with Gasteiger partial charge in [-0.1, -0.05) is 0 Å². The van der Waals surface area contributed by atoms with Crippen LogP contribution >= 0.6 is 0 Å². The Kier molecular flexibility index (Phi) is 2.33. The van der Waals surface area contributed by atoms with E-state index in [-0.39, 0.29) is 0 Å². The van der Waals surface area contributed by atoms with Crippen molar-refractivity contribution in [3.05, 3.63) is 33.7 Å². The summed E-state index contributed by atoms with van der Waals surface area (Å²) in [5.41, 5.74) is -3.32. The lowest BCUT2D eigenvalue weighted by Crippen LogP contribution is -2.18. The average molecular weight is 207 g/mol. The minimum Gasteiger partial charge on any atom is -0.478 e. The van der Waals surface area contributed by atoms with E-state index < -0.39 is 28.8 Å². The molecule has 1 rings (SSSR count). The summed E-state index contributed by atoms with van der Waals surface area (Å²) in [5.74, 6) is -1.79. The zero-order chi connectivity index (χ0) is 10.9. The van der Waals surface area contributed by atoms with Crippen molar-refractivity contribution in [2.45, 2.75) is 6.18 Å². The van der Waals surface area contributed by atoms with E-state index >= 15 is 0 Å². The van der Waals surface area contributed by atoms with Gasteiger partial charge in [-0.15, -0.1) is 0 Å². The van der Waals surface area contributed by atoms with E-state index in [1.54, 1.807) is 4.98 Å². The highest BCUT2D eigenvalue weighted by Crippen LogP contribution is 2.30. The number of carboxylic acids is 1. The maximum absolute atomic E-state index is 12.2. The Balaban J connectivity index is 3.44. The topological polar surface area (TPSA) is 70.2 Å². The van der Waals surface area contributed by atoms with Gasteiger partial charge in [0.1, 0.15) is 0 Å². The van der Waals surface area contributed by atoms with Crippen molar-refractivity contribution in [1.29, 1.82) is 0 Å². The Morgan fingerprint density at radius 2 is 2.00 bits per heavy atom. The standard InChI is InChI=1S/C7H4F3NO3/c8-7(9,10)4-2-11-5(12)1-3(4)6(13)14/h1-2H,(H,11,12)(H,13,14). The highest BCUT2D eigenvalue weighted by molar-refractivity contribution is 5.89. The molecule has 0 unspecified atom stereocenters. The number of carbonyl (C=O) groups is 1. The third-order valence-electron chi connectivity index (χ3n) is 1.46. The van der Waals surface area contributed by atoms with E-state index in [2.05, 4.69) is 0 Å². The maximum Gasteiger partial charge on any atom is 0.418 e. The lowest BCUT2D eigenvalue weighted by atomic mass is 10.1. The lowest BCUT2D eigenvalue weighted by molar-refractivity contribution is -0.138. The van der Waals surface area contributed by atoms with Crippen molar-refractivity contribution < 1.29 is 23.1 Å². The molecule has 0 amide bonds. The number of aromatic nitrogens is 1. The summed E-state index contributed by atoms with van der Waals surface area (Å²) in [7, 11) is 0. The molecule has 1 aromatic heterocycles. The fraction of sp³-hybridized carbons (Fsp3) is 0.143. The molecule has 0 aliphatic rings. The molecule has 0 aromatic carbocycles. The average Bonchev–Trinajstić information content (AvgIpc) is 2.01. The number of halogens is 3. The van der Waals surface area contributed by atoms with Crippen molar-refractivity contribution in [3.8, 4) is 0 Å². The van der Waals surface area contributed by atoms with Crippen LogP contribution in [0.1, 0.15) is 15.9 Å². The van der Waals surface area contributed by atoms with Gasteiger partial charge in [0.05, 0.1) is 11.1 Å². The monoisotopic (exact) mass is 207 g/mol. The first-order chi connectivity index (χ1) is 6.32. The highest BCUT2D eigenvalue weighted by Gasteiger charge is 2.35. The van der Waals surface area contributed by atoms with E-state index in [0.717, 1.165) is 0 Å². The van der Waals surface area contributed by atoms with Crippen molar-refractivity contribution >= 4 is 5.97 Å². The quantitative estimate of drug-likeness (QED) is 0.724. The molecule has 1 heterocycles. The smallest absolute Gasteiger partial charge is 0.418 e. The predicted octanol–water partition coefficient (Wildman–Crippen LogP) is 1.09. The van der Waals surface area contributed by atoms with Crippen LogP contribution < -0.4 is 5.56 Å². The maximum atomic E-state index is 12.2. The molecule has 0 radical (unpaired) electrons. The molecule has 0 saturated carbocycles. The minimum absolute atomic E-state index is 0.339. The Morgan fingerprint density at radius 1 is 1.43 bits per heavy atom. The number of nitrogens with one attached hydrogen (secondary N) is 1. The minimum atomic E-state index is -4.79. The second-order valence-corrected chi connectivity index (χ2v) is 2.43. The van der Waals surface area contributed by atoms with Crippen LogP contribution in [-0.4, -0.2) is 16.1 Å². The summed E-state index contributed by atoms with van der Waals surface area (Å²) in [6.45, 7) is 0. The summed E-state index contributed by atoms with van der Waals surface area (Å²) >= 11 is 0. The van der Waals surface area contributed by atoms with Crippen LogP contribution in [0.15, 0.2) is 17.1 Å². The Labute approximate surface area is 75.0 Å². The van der Waals surface area contributed by atoms with Gasteiger partial charge < -0.3 is 10.1 Å². The molecule has 1 aromatic rings. The van der Waals surface area contributed by atoms with Gasteiger partial charge in [-0.25, -0.2) is 4.79 Å². The fourth-order valence-corrected chi connectivity index (χ4v) is 0.883. The molecule has 0 aliphatic heterocycles. The van der Waals surface area contributed by atoms with Gasteiger partial charge in [-0.2, -0.15) is 13.2 Å². The normalized spacial score (nSPS) is 11.4. The van der Waals surface area contributed by atoms with Gasteiger partial charge in [-0.05, 0) is 0 Å². The molecule has 0 saturated heterocycles. The van der Waals surface area contributed by atoms with E-state index in [1.807, 2.05) is 0 Å². The number of carboxylic acid groups (broad SMARTS) is 1. The molecule has 0 fully saturated rings. The number of rotatable bonds is 1. The van der Waals surface area contributed by atoms with Crippen LogP contribution in [0.25, 0.3) is 0 Å². The molecular formula is C7H4F3NO3. The highest BCUT2D eigenvalue weighted by atomic mass is 19.4. The zero-order valence-corrected chi connectivity index (χ0v) is 6.55. The van der Waals surface area contributed by atoms with Crippen molar-refractivity contribution in [2.75, 3.05) is 0 Å². The molecule has 4 nitrogen and oxygen atoms in total. The van der Waals surface area contributed by atoms with Gasteiger partial charge in [-0.3, -0.25) is 4.79 Å². The van der Waals surface area contributed by atoms with E-state index in [4.69, 9.17) is 5.11 Å². The van der Waals surface area contributed by atoms with Crippen LogP contribution in [0.4, 0.5) is 13.2 Å². The summed E-state index contributed by atoms with van der Waals surface area (Å²) < 4.78 is 36.5. The first-order valence-electron chi connectivity index (χ1n) is 3.35. The third kappa shape index (κ3) is 1.93. The second kappa shape index (κ2) is 3.17. The molecule has 0 atom stereocenters. The third-order valence-corrected chi connectivity index (χ3v) is 1.46. The molecule has 2 N–H and O–H groups in total. The molecule has 0 aliphatic carbocycles. The van der Waals surface area contributed by atoms with Crippen LogP contribution in [0.2, 0.25) is 0 Å². The number of aromatic amines is 1. The molecule has 76 valence electrons. The van der Waals surface area contributed by atoms with Gasteiger partial charge in [0.2, 0.25) is 5.56 Å². The fourth-order valence-electron chi connectivity index (χ4n) is 0.883. The number of pyridine rings is 1. The van der Waals surface area contributed by atoms with Crippen LogP contribution in [0.3, 0.4) is 0 Å². The Hall–Kier alpha value is -1.79. The molecule has 0 spiro atoms. The van der Waals surface area contributed by atoms with Crippen molar-refractivity contribution in [3.63, 3.8) is 0 Å². The summed E-state index contributed by atoms with van der Waals surface area (Å²) in [6, 6.07) is 0.394. The first-order valence-corrected chi connectivity index (χ1v) is 3.35. The van der Waals surface area contributed by atoms with Gasteiger partial charge in [0.15, 0.2) is 0 Å². The van der Waals surface area contributed by atoms with Crippen LogP contribution in [0, 0.1) is 0 Å². The Bertz CT molecular complexity index is 421. The van der Waals surface area contributed by atoms with Crippen LogP contribution in [0.5, 0.6) is 0 Å². The lowest BCUT2D eigenvalue weighted by Gasteiger charge is -2.08. The van der Waals surface area contributed by atoms with Gasteiger partial charge >= 0.3 is 12.1 Å². The first kappa shape index (κ1) is 10.3. The van der Waals surface area contributed by atoms with Crippen molar-refractivity contribution in [2.24, 2.45) is 0 Å². The van der Waals surface area contributed by atoms with Crippen molar-refractivity contribution in [1.82, 2.24) is 4.98 Å². The molecule has 7 heteroatoms. The predicted molar refractivity (Wildman–Crippen MR) is 39.0 cm³/mol. The summed E-state index contributed by atoms with van der Waals surface area (Å²) in [5, 5.41) is 8.40.